The molecule has 7 heteroatoms. The Morgan fingerprint density at radius 2 is 2.00 bits per heavy atom. The first-order valence-electron chi connectivity index (χ1n) is 8.17. The van der Waals surface area contributed by atoms with Gasteiger partial charge < -0.3 is 26.1 Å². The highest BCUT2D eigenvalue weighted by Gasteiger charge is 2.22. The SMILES string of the molecule is NC1C=CC=C/C1=N/[N-]c1cc(Cl)ccc1OC(C(=O)O)c1ccccc1. The predicted octanol–water partition coefficient (Wildman–Crippen LogP) is 4.36. The van der Waals surface area contributed by atoms with E-state index in [9.17, 15) is 9.90 Å². The number of benzene rings is 2. The summed E-state index contributed by atoms with van der Waals surface area (Å²) in [6, 6.07) is 13.0. The molecule has 2 atom stereocenters. The van der Waals surface area contributed by atoms with Gasteiger partial charge in [-0.25, -0.2) is 4.79 Å². The Morgan fingerprint density at radius 1 is 1.22 bits per heavy atom. The van der Waals surface area contributed by atoms with Crippen molar-refractivity contribution in [2.75, 3.05) is 0 Å². The monoisotopic (exact) mass is 382 g/mol. The fourth-order valence-electron chi connectivity index (χ4n) is 2.44. The van der Waals surface area contributed by atoms with Gasteiger partial charge in [-0.05, 0) is 18.2 Å². The quantitative estimate of drug-likeness (QED) is 0.725. The van der Waals surface area contributed by atoms with E-state index < -0.39 is 12.1 Å². The van der Waals surface area contributed by atoms with Crippen LogP contribution in [0.15, 0.2) is 77.9 Å². The van der Waals surface area contributed by atoms with Gasteiger partial charge in [-0.1, -0.05) is 71.9 Å². The third-order valence-corrected chi connectivity index (χ3v) is 4.04. The number of nitrogens with zero attached hydrogens (tertiary/aromatic N) is 2. The first kappa shape index (κ1) is 18.7. The van der Waals surface area contributed by atoms with Crippen molar-refractivity contribution in [1.29, 1.82) is 0 Å². The second kappa shape index (κ2) is 8.53. The maximum Gasteiger partial charge on any atom is 0.349 e. The van der Waals surface area contributed by atoms with Crippen molar-refractivity contribution in [3.05, 3.63) is 88.8 Å². The van der Waals surface area contributed by atoms with E-state index in [1.807, 2.05) is 12.2 Å². The molecule has 3 N–H and O–H groups in total. The third kappa shape index (κ3) is 4.75. The number of ether oxygens (including phenoxy) is 1. The Morgan fingerprint density at radius 3 is 2.70 bits per heavy atom. The molecule has 27 heavy (non-hydrogen) atoms. The Balaban J connectivity index is 1.87. The van der Waals surface area contributed by atoms with E-state index in [4.69, 9.17) is 22.1 Å². The second-order valence-corrected chi connectivity index (χ2v) is 6.19. The molecule has 1 aliphatic rings. The van der Waals surface area contributed by atoms with Gasteiger partial charge in [0.1, 0.15) is 5.75 Å². The van der Waals surface area contributed by atoms with Gasteiger partial charge in [0.25, 0.3) is 0 Å². The Kier molecular flexibility index (Phi) is 5.90. The van der Waals surface area contributed by atoms with Crippen LogP contribution in [-0.2, 0) is 4.79 Å². The Labute approximate surface area is 161 Å². The highest BCUT2D eigenvalue weighted by Crippen LogP contribution is 2.37. The lowest BCUT2D eigenvalue weighted by molar-refractivity contribution is -0.145. The largest absolute Gasteiger partial charge is 0.572 e. The van der Waals surface area contributed by atoms with E-state index in [2.05, 4.69) is 10.5 Å². The lowest BCUT2D eigenvalue weighted by atomic mass is 10.1. The average Bonchev–Trinajstić information content (AvgIpc) is 2.67. The lowest BCUT2D eigenvalue weighted by Crippen LogP contribution is -2.27. The zero-order chi connectivity index (χ0) is 19.2. The minimum atomic E-state index is -1.19. The van der Waals surface area contributed by atoms with Crippen LogP contribution in [0.4, 0.5) is 5.69 Å². The van der Waals surface area contributed by atoms with Crippen molar-refractivity contribution in [3.8, 4) is 5.75 Å². The number of allylic oxidation sites excluding steroid dienone is 2. The number of carboxylic acids is 1. The molecule has 0 saturated heterocycles. The van der Waals surface area contributed by atoms with Crippen LogP contribution in [0.2, 0.25) is 5.02 Å². The fourth-order valence-corrected chi connectivity index (χ4v) is 2.61. The van der Waals surface area contributed by atoms with E-state index in [0.717, 1.165) is 0 Å². The molecule has 138 valence electrons. The van der Waals surface area contributed by atoms with Crippen molar-refractivity contribution in [1.82, 2.24) is 0 Å². The van der Waals surface area contributed by atoms with E-state index in [0.29, 0.717) is 22.0 Å². The smallest absolute Gasteiger partial charge is 0.349 e. The van der Waals surface area contributed by atoms with Gasteiger partial charge in [0.15, 0.2) is 0 Å². The number of hydrogen-bond donors (Lipinski definition) is 2. The molecular weight excluding hydrogens is 366 g/mol. The molecule has 2 aromatic rings. The first-order chi connectivity index (χ1) is 13.0. The van der Waals surface area contributed by atoms with Gasteiger partial charge in [-0.2, -0.15) is 0 Å². The number of carboxylic acid groups (broad SMARTS) is 1. The van der Waals surface area contributed by atoms with Crippen LogP contribution in [0.3, 0.4) is 0 Å². The summed E-state index contributed by atoms with van der Waals surface area (Å²) in [6.45, 7) is 0. The standard InChI is InChI=1S/C20H17ClN3O3/c21-14-10-11-18(27-19(20(25)26)13-6-2-1-3-7-13)17(12-14)24-23-16-9-5-4-8-15(16)22/h1-12,15,19H,22H2,(H,25,26)/q-1/b23-16-. The van der Waals surface area contributed by atoms with Crippen molar-refractivity contribution in [3.63, 3.8) is 0 Å². The molecule has 0 spiro atoms. The minimum absolute atomic E-state index is 0.254. The molecule has 0 bridgehead atoms. The summed E-state index contributed by atoms with van der Waals surface area (Å²) in [5.74, 6) is -0.861. The Hall–Kier alpha value is -3.09. The third-order valence-electron chi connectivity index (χ3n) is 3.80. The van der Waals surface area contributed by atoms with Gasteiger partial charge in [-0.3, -0.25) is 0 Å². The maximum absolute atomic E-state index is 11.7. The summed E-state index contributed by atoms with van der Waals surface area (Å²) >= 11 is 6.05. The number of carbonyl (C=O) groups is 1. The molecule has 0 saturated carbocycles. The van der Waals surface area contributed by atoms with Crippen LogP contribution in [0, 0.1) is 0 Å². The van der Waals surface area contributed by atoms with Crippen LogP contribution in [0.25, 0.3) is 5.43 Å². The first-order valence-corrected chi connectivity index (χ1v) is 8.55. The van der Waals surface area contributed by atoms with E-state index in [1.165, 1.54) is 0 Å². The van der Waals surface area contributed by atoms with E-state index in [-0.39, 0.29) is 11.8 Å². The zero-order valence-corrected chi connectivity index (χ0v) is 15.0. The average molecular weight is 383 g/mol. The summed E-state index contributed by atoms with van der Waals surface area (Å²) in [5.41, 5.74) is 11.5. The van der Waals surface area contributed by atoms with Gasteiger partial charge in [0.05, 0.1) is 6.04 Å². The van der Waals surface area contributed by atoms with Crippen LogP contribution in [0.5, 0.6) is 5.75 Å². The lowest BCUT2D eigenvalue weighted by Gasteiger charge is -2.25. The highest BCUT2D eigenvalue weighted by molar-refractivity contribution is 6.31. The molecular formula is C20H17ClN3O3-. The molecule has 0 aliphatic heterocycles. The summed E-state index contributed by atoms with van der Waals surface area (Å²) in [4.78, 5) is 11.7. The van der Waals surface area contributed by atoms with Gasteiger partial charge in [0, 0.05) is 16.3 Å². The van der Waals surface area contributed by atoms with Crippen LogP contribution in [0.1, 0.15) is 11.7 Å². The molecule has 2 unspecified atom stereocenters. The van der Waals surface area contributed by atoms with Crippen molar-refractivity contribution >= 4 is 29.0 Å². The summed E-state index contributed by atoms with van der Waals surface area (Å²) in [7, 11) is 0. The second-order valence-electron chi connectivity index (χ2n) is 5.75. The topological polar surface area (TPSA) is 99.0 Å². The number of rotatable bonds is 6. The predicted molar refractivity (Wildman–Crippen MR) is 106 cm³/mol. The van der Waals surface area contributed by atoms with Gasteiger partial charge >= 0.3 is 5.97 Å². The number of aliphatic carboxylic acids is 1. The maximum atomic E-state index is 11.7. The van der Waals surface area contributed by atoms with Crippen LogP contribution >= 0.6 is 11.6 Å². The molecule has 0 radical (unpaired) electrons. The number of nitrogens with two attached hydrogens (primary N) is 1. The summed E-state index contributed by atoms with van der Waals surface area (Å²) < 4.78 is 5.73. The molecule has 1 aliphatic carbocycles. The Bertz CT molecular complexity index is 910. The number of hydrogen-bond acceptors (Lipinski definition) is 4. The molecule has 0 amide bonds. The normalized spacial score (nSPS) is 18.3. The molecule has 0 heterocycles. The van der Waals surface area contributed by atoms with Crippen molar-refractivity contribution in [2.45, 2.75) is 12.1 Å². The zero-order valence-electron chi connectivity index (χ0n) is 14.2. The molecule has 6 nitrogen and oxygen atoms in total. The van der Waals surface area contributed by atoms with E-state index >= 15 is 0 Å². The molecule has 0 aromatic heterocycles. The fraction of sp³-hybridized carbons (Fsp3) is 0.100. The van der Waals surface area contributed by atoms with E-state index in [1.54, 1.807) is 60.7 Å². The molecule has 0 fully saturated rings. The number of halogens is 1. The van der Waals surface area contributed by atoms with Crippen molar-refractivity contribution in [2.24, 2.45) is 10.8 Å². The van der Waals surface area contributed by atoms with Crippen LogP contribution in [-0.4, -0.2) is 22.8 Å². The summed E-state index contributed by atoms with van der Waals surface area (Å²) in [5, 5.41) is 14.1. The van der Waals surface area contributed by atoms with Gasteiger partial charge in [0.2, 0.25) is 6.10 Å². The molecule has 2 aromatic carbocycles. The summed E-state index contributed by atoms with van der Waals surface area (Å²) in [6.07, 6.45) is 5.99. The highest BCUT2D eigenvalue weighted by atomic mass is 35.5. The minimum Gasteiger partial charge on any atom is -0.572 e. The van der Waals surface area contributed by atoms with Crippen LogP contribution < -0.4 is 10.5 Å². The van der Waals surface area contributed by atoms with Crippen molar-refractivity contribution < 1.29 is 14.6 Å². The molecule has 3 rings (SSSR count). The van der Waals surface area contributed by atoms with Gasteiger partial charge in [-0.15, -0.1) is 0 Å².